The zero-order valence-corrected chi connectivity index (χ0v) is 6.58. The minimum atomic E-state index is -0.296. The first-order valence-electron chi connectivity index (χ1n) is 3.74. The van der Waals surface area contributed by atoms with Crippen molar-refractivity contribution in [2.45, 2.75) is 19.3 Å². The number of aliphatic hydroxyl groups excluding tert-OH is 1. The van der Waals surface area contributed by atoms with Crippen molar-refractivity contribution in [3.63, 3.8) is 0 Å². The number of amides is 1. The number of carbonyl (C=O) groups excluding carboxylic acids is 1. The highest BCUT2D eigenvalue weighted by Gasteiger charge is 1.93. The summed E-state index contributed by atoms with van der Waals surface area (Å²) in [5.74, 6) is -0.296. The number of hydrogen-bond acceptors (Lipinski definition) is 3. The number of primary amides is 1. The lowest BCUT2D eigenvalue weighted by molar-refractivity contribution is -0.118. The Labute approximate surface area is 66.3 Å². The van der Waals surface area contributed by atoms with E-state index >= 15 is 0 Å². The van der Waals surface area contributed by atoms with Crippen LogP contribution in [0.15, 0.2) is 0 Å². The summed E-state index contributed by atoms with van der Waals surface area (Å²) in [5.41, 5.74) is 4.90. The van der Waals surface area contributed by atoms with E-state index in [0.29, 0.717) is 32.5 Å². The van der Waals surface area contributed by atoms with Gasteiger partial charge in [-0.25, -0.2) is 0 Å². The van der Waals surface area contributed by atoms with Gasteiger partial charge in [-0.2, -0.15) is 0 Å². The third-order valence-corrected chi connectivity index (χ3v) is 1.16. The smallest absolute Gasteiger partial charge is 0.217 e. The van der Waals surface area contributed by atoms with Gasteiger partial charge in [0, 0.05) is 26.2 Å². The Morgan fingerprint density at radius 2 is 2.00 bits per heavy atom. The summed E-state index contributed by atoms with van der Waals surface area (Å²) in [6.07, 6.45) is 1.69. The van der Waals surface area contributed by atoms with Gasteiger partial charge in [0.1, 0.15) is 0 Å². The number of hydrogen-bond donors (Lipinski definition) is 2. The maximum Gasteiger partial charge on any atom is 0.217 e. The van der Waals surface area contributed by atoms with E-state index in [1.165, 1.54) is 0 Å². The van der Waals surface area contributed by atoms with Crippen molar-refractivity contribution in [3.05, 3.63) is 0 Å². The van der Waals surface area contributed by atoms with Crippen molar-refractivity contribution in [2.75, 3.05) is 19.8 Å². The van der Waals surface area contributed by atoms with Crippen LogP contribution in [0.1, 0.15) is 19.3 Å². The first-order chi connectivity index (χ1) is 5.27. The molecule has 0 aromatic heterocycles. The molecule has 0 rings (SSSR count). The molecule has 0 aliphatic rings. The third kappa shape index (κ3) is 9.39. The second-order valence-corrected chi connectivity index (χ2v) is 2.26. The fraction of sp³-hybridized carbons (Fsp3) is 0.857. The molecule has 0 aliphatic heterocycles. The third-order valence-electron chi connectivity index (χ3n) is 1.16. The van der Waals surface area contributed by atoms with Gasteiger partial charge in [-0.3, -0.25) is 4.79 Å². The van der Waals surface area contributed by atoms with Crippen molar-refractivity contribution in [1.82, 2.24) is 0 Å². The molecule has 0 aromatic carbocycles. The van der Waals surface area contributed by atoms with E-state index in [1.807, 2.05) is 0 Å². The van der Waals surface area contributed by atoms with E-state index in [9.17, 15) is 4.79 Å². The Hall–Kier alpha value is -0.610. The highest BCUT2D eigenvalue weighted by Crippen LogP contribution is 1.89. The summed E-state index contributed by atoms with van der Waals surface area (Å²) in [5, 5.41) is 8.36. The van der Waals surface area contributed by atoms with Gasteiger partial charge in [-0.1, -0.05) is 0 Å². The Bertz CT molecular complexity index is 106. The second kappa shape index (κ2) is 7.50. The lowest BCUT2D eigenvalue weighted by Gasteiger charge is -2.00. The van der Waals surface area contributed by atoms with Crippen molar-refractivity contribution < 1.29 is 14.6 Å². The average Bonchev–Trinajstić information content (AvgIpc) is 1.96. The minimum absolute atomic E-state index is 0.149. The van der Waals surface area contributed by atoms with Crippen LogP contribution < -0.4 is 5.73 Å². The molecule has 4 nitrogen and oxygen atoms in total. The van der Waals surface area contributed by atoms with Gasteiger partial charge < -0.3 is 15.6 Å². The molecule has 0 aliphatic carbocycles. The number of nitrogens with two attached hydrogens (primary N) is 1. The van der Waals surface area contributed by atoms with Gasteiger partial charge in [0.05, 0.1) is 0 Å². The maximum absolute atomic E-state index is 10.2. The zero-order valence-electron chi connectivity index (χ0n) is 6.58. The highest BCUT2D eigenvalue weighted by molar-refractivity contribution is 5.73. The van der Waals surface area contributed by atoms with E-state index in [-0.39, 0.29) is 12.5 Å². The van der Waals surface area contributed by atoms with Crippen LogP contribution in [0.25, 0.3) is 0 Å². The zero-order chi connectivity index (χ0) is 8.53. The molecular weight excluding hydrogens is 146 g/mol. The monoisotopic (exact) mass is 161 g/mol. The average molecular weight is 161 g/mol. The second-order valence-electron chi connectivity index (χ2n) is 2.26. The van der Waals surface area contributed by atoms with E-state index < -0.39 is 0 Å². The largest absolute Gasteiger partial charge is 0.396 e. The van der Waals surface area contributed by atoms with Gasteiger partial charge in [-0.05, 0) is 12.8 Å². The van der Waals surface area contributed by atoms with Crippen LogP contribution >= 0.6 is 0 Å². The van der Waals surface area contributed by atoms with Crippen LogP contribution in [-0.4, -0.2) is 30.8 Å². The van der Waals surface area contributed by atoms with Crippen LogP contribution in [0.3, 0.4) is 0 Å². The molecular formula is C7H15NO3. The predicted octanol–water partition coefficient (Wildman–Crippen LogP) is -0.349. The quantitative estimate of drug-likeness (QED) is 0.501. The van der Waals surface area contributed by atoms with E-state index in [1.54, 1.807) is 0 Å². The SMILES string of the molecule is NC(=O)CCCOCCCO. The van der Waals surface area contributed by atoms with Crippen LogP contribution in [0.2, 0.25) is 0 Å². The molecule has 0 atom stereocenters. The summed E-state index contributed by atoms with van der Waals surface area (Å²) in [6.45, 7) is 1.24. The Morgan fingerprint density at radius 1 is 1.36 bits per heavy atom. The van der Waals surface area contributed by atoms with Gasteiger partial charge in [0.2, 0.25) is 5.91 Å². The molecule has 66 valence electrons. The van der Waals surface area contributed by atoms with Crippen LogP contribution in [-0.2, 0) is 9.53 Å². The molecule has 4 heteroatoms. The molecule has 11 heavy (non-hydrogen) atoms. The Balaban J connectivity index is 2.85. The maximum atomic E-state index is 10.2. The highest BCUT2D eigenvalue weighted by atomic mass is 16.5. The molecule has 0 saturated carbocycles. The van der Waals surface area contributed by atoms with Crippen LogP contribution in [0, 0.1) is 0 Å². The number of carbonyl (C=O) groups is 1. The van der Waals surface area contributed by atoms with Crippen molar-refractivity contribution in [1.29, 1.82) is 0 Å². The minimum Gasteiger partial charge on any atom is -0.396 e. The molecule has 0 saturated heterocycles. The lowest BCUT2D eigenvalue weighted by atomic mass is 10.3. The number of rotatable bonds is 7. The van der Waals surface area contributed by atoms with Gasteiger partial charge >= 0.3 is 0 Å². The molecule has 0 spiro atoms. The van der Waals surface area contributed by atoms with Crippen molar-refractivity contribution in [2.24, 2.45) is 5.73 Å². The van der Waals surface area contributed by atoms with Gasteiger partial charge in [-0.15, -0.1) is 0 Å². The molecule has 1 amide bonds. The van der Waals surface area contributed by atoms with E-state index in [0.717, 1.165) is 0 Å². The first kappa shape index (κ1) is 10.4. The normalized spacial score (nSPS) is 9.91. The fourth-order valence-electron chi connectivity index (χ4n) is 0.617. The molecule has 0 radical (unpaired) electrons. The predicted molar refractivity (Wildman–Crippen MR) is 41.0 cm³/mol. The molecule has 0 heterocycles. The topological polar surface area (TPSA) is 72.6 Å². The number of aliphatic hydroxyl groups is 1. The van der Waals surface area contributed by atoms with Crippen molar-refractivity contribution >= 4 is 5.91 Å². The van der Waals surface area contributed by atoms with E-state index in [2.05, 4.69) is 0 Å². The van der Waals surface area contributed by atoms with Gasteiger partial charge in [0.25, 0.3) is 0 Å². The molecule has 0 aromatic rings. The fourth-order valence-corrected chi connectivity index (χ4v) is 0.617. The number of ether oxygens (including phenoxy) is 1. The van der Waals surface area contributed by atoms with Gasteiger partial charge in [0.15, 0.2) is 0 Å². The summed E-state index contributed by atoms with van der Waals surface area (Å²) >= 11 is 0. The lowest BCUT2D eigenvalue weighted by Crippen LogP contribution is -2.11. The van der Waals surface area contributed by atoms with Crippen LogP contribution in [0.5, 0.6) is 0 Å². The van der Waals surface area contributed by atoms with Crippen molar-refractivity contribution in [3.8, 4) is 0 Å². The van der Waals surface area contributed by atoms with E-state index in [4.69, 9.17) is 15.6 Å². The summed E-state index contributed by atoms with van der Waals surface area (Å²) in [6, 6.07) is 0. The first-order valence-corrected chi connectivity index (χ1v) is 3.74. The summed E-state index contributed by atoms with van der Waals surface area (Å²) in [4.78, 5) is 10.2. The summed E-state index contributed by atoms with van der Waals surface area (Å²) in [7, 11) is 0. The molecule has 3 N–H and O–H groups in total. The molecule has 0 fully saturated rings. The Morgan fingerprint density at radius 3 is 2.55 bits per heavy atom. The Kier molecular flexibility index (Phi) is 7.08. The molecule has 0 unspecified atom stereocenters. The summed E-state index contributed by atoms with van der Waals surface area (Å²) < 4.78 is 5.06. The molecule has 0 bridgehead atoms. The van der Waals surface area contributed by atoms with Crippen LogP contribution in [0.4, 0.5) is 0 Å². The standard InChI is InChI=1S/C7H15NO3/c8-7(10)3-1-5-11-6-2-4-9/h9H,1-6H2,(H2,8,10).